The molecule has 0 spiro atoms. The van der Waals surface area contributed by atoms with Crippen LogP contribution >= 0.6 is 24.8 Å². The van der Waals surface area contributed by atoms with E-state index in [1.807, 2.05) is 11.7 Å². The second-order valence-corrected chi connectivity index (χ2v) is 4.84. The first-order valence-corrected chi connectivity index (χ1v) is 6.58. The van der Waals surface area contributed by atoms with Crippen molar-refractivity contribution in [2.24, 2.45) is 5.92 Å². The van der Waals surface area contributed by atoms with Crippen molar-refractivity contribution in [3.05, 3.63) is 12.7 Å². The maximum atomic E-state index is 4.13. The molecule has 1 aromatic rings. The normalized spacial score (nSPS) is 16.7. The Balaban J connectivity index is 0.00000162. The highest BCUT2D eigenvalue weighted by atomic mass is 35.5. The van der Waals surface area contributed by atoms with Gasteiger partial charge in [0.2, 0.25) is 0 Å². The van der Waals surface area contributed by atoms with Gasteiger partial charge in [-0.3, -0.25) is 4.68 Å². The number of piperidine rings is 1. The van der Waals surface area contributed by atoms with E-state index in [0.717, 1.165) is 25.6 Å². The monoisotopic (exact) mass is 309 g/mol. The van der Waals surface area contributed by atoms with Gasteiger partial charge in [0, 0.05) is 6.54 Å². The molecule has 0 saturated carbocycles. The van der Waals surface area contributed by atoms with Crippen LogP contribution in [0.3, 0.4) is 0 Å². The maximum absolute atomic E-state index is 4.13. The predicted octanol–water partition coefficient (Wildman–Crippen LogP) is 1.44. The molecule has 0 atom stereocenters. The van der Waals surface area contributed by atoms with E-state index in [2.05, 4.69) is 20.3 Å². The highest BCUT2D eigenvalue weighted by Gasteiger charge is 2.18. The zero-order chi connectivity index (χ0) is 11.9. The van der Waals surface area contributed by atoms with Crippen molar-refractivity contribution in [2.75, 3.05) is 33.2 Å². The lowest BCUT2D eigenvalue weighted by Crippen LogP contribution is -2.36. The minimum absolute atomic E-state index is 0. The lowest BCUT2D eigenvalue weighted by Gasteiger charge is -2.31. The minimum Gasteiger partial charge on any atom is -0.320 e. The third-order valence-corrected chi connectivity index (χ3v) is 3.62. The molecule has 0 bridgehead atoms. The summed E-state index contributed by atoms with van der Waals surface area (Å²) in [5.41, 5.74) is 0. The summed E-state index contributed by atoms with van der Waals surface area (Å²) in [5, 5.41) is 7.36. The van der Waals surface area contributed by atoms with Crippen molar-refractivity contribution in [1.29, 1.82) is 0 Å². The maximum Gasteiger partial charge on any atom is 0.137 e. The van der Waals surface area contributed by atoms with Crippen molar-refractivity contribution in [1.82, 2.24) is 25.0 Å². The van der Waals surface area contributed by atoms with Gasteiger partial charge in [-0.1, -0.05) is 0 Å². The topological polar surface area (TPSA) is 46.0 Å². The second kappa shape index (κ2) is 10.4. The van der Waals surface area contributed by atoms with E-state index in [0.29, 0.717) is 0 Å². The van der Waals surface area contributed by atoms with Crippen LogP contribution in [0.4, 0.5) is 0 Å². The first-order chi connectivity index (χ1) is 8.38. The molecule has 1 aromatic heterocycles. The second-order valence-electron chi connectivity index (χ2n) is 4.84. The summed E-state index contributed by atoms with van der Waals surface area (Å²) in [6, 6.07) is 0. The van der Waals surface area contributed by atoms with E-state index < -0.39 is 0 Å². The number of hydrogen-bond donors (Lipinski definition) is 1. The number of nitrogens with one attached hydrogen (secondary N) is 1. The number of nitrogens with zero attached hydrogens (tertiary/aromatic N) is 4. The van der Waals surface area contributed by atoms with Crippen molar-refractivity contribution in [3.8, 4) is 0 Å². The summed E-state index contributed by atoms with van der Waals surface area (Å²) >= 11 is 0. The molecule has 0 radical (unpaired) electrons. The van der Waals surface area contributed by atoms with Crippen molar-refractivity contribution in [3.63, 3.8) is 0 Å². The Morgan fingerprint density at radius 3 is 2.53 bits per heavy atom. The SMILES string of the molecule is CNCCC1CCN(CCn2cncn2)CC1.Cl.Cl. The zero-order valence-corrected chi connectivity index (χ0v) is 13.1. The smallest absolute Gasteiger partial charge is 0.137 e. The van der Waals surface area contributed by atoms with Crippen LogP contribution in [0.25, 0.3) is 0 Å². The summed E-state index contributed by atoms with van der Waals surface area (Å²) in [7, 11) is 2.03. The molecular formula is C12H25Cl2N5. The van der Waals surface area contributed by atoms with Crippen LogP contribution < -0.4 is 5.32 Å². The van der Waals surface area contributed by atoms with Gasteiger partial charge in [0.25, 0.3) is 0 Å². The summed E-state index contributed by atoms with van der Waals surface area (Å²) < 4.78 is 1.91. The fourth-order valence-corrected chi connectivity index (χ4v) is 2.44. The highest BCUT2D eigenvalue weighted by Crippen LogP contribution is 2.19. The molecule has 5 nitrogen and oxygen atoms in total. The molecule has 2 heterocycles. The summed E-state index contributed by atoms with van der Waals surface area (Å²) in [6.07, 6.45) is 7.41. The van der Waals surface area contributed by atoms with Crippen LogP contribution in [0.15, 0.2) is 12.7 Å². The van der Waals surface area contributed by atoms with Gasteiger partial charge in [-0.15, -0.1) is 24.8 Å². The molecule has 1 saturated heterocycles. The molecule has 0 amide bonds. The third-order valence-electron chi connectivity index (χ3n) is 3.62. The molecule has 19 heavy (non-hydrogen) atoms. The molecule has 0 aliphatic carbocycles. The molecule has 1 N–H and O–H groups in total. The van der Waals surface area contributed by atoms with Gasteiger partial charge in [0.1, 0.15) is 12.7 Å². The van der Waals surface area contributed by atoms with Gasteiger partial charge < -0.3 is 10.2 Å². The average Bonchev–Trinajstić information content (AvgIpc) is 2.88. The van der Waals surface area contributed by atoms with Gasteiger partial charge in [-0.2, -0.15) is 5.10 Å². The molecule has 2 rings (SSSR count). The van der Waals surface area contributed by atoms with Crippen LogP contribution in [0, 0.1) is 5.92 Å². The Morgan fingerprint density at radius 1 is 1.21 bits per heavy atom. The van der Waals surface area contributed by atoms with Crippen LogP contribution in [0.1, 0.15) is 19.3 Å². The van der Waals surface area contributed by atoms with Crippen LogP contribution in [0.5, 0.6) is 0 Å². The standard InChI is InChI=1S/C12H23N5.2ClH/c1-13-5-2-12-3-6-16(7-4-12)8-9-17-11-14-10-15-17;;/h10-13H,2-9H2,1H3;2*1H. The summed E-state index contributed by atoms with van der Waals surface area (Å²) in [4.78, 5) is 6.50. The third kappa shape index (κ3) is 6.56. The predicted molar refractivity (Wildman–Crippen MR) is 82.2 cm³/mol. The number of aromatic nitrogens is 3. The van der Waals surface area contributed by atoms with E-state index >= 15 is 0 Å². The summed E-state index contributed by atoms with van der Waals surface area (Å²) in [6.45, 7) is 5.69. The number of likely N-dealkylation sites (tertiary alicyclic amines) is 1. The fourth-order valence-electron chi connectivity index (χ4n) is 2.44. The molecule has 1 aliphatic heterocycles. The minimum atomic E-state index is 0. The molecule has 0 aromatic carbocycles. The van der Waals surface area contributed by atoms with Crippen LogP contribution in [0.2, 0.25) is 0 Å². The Hall–Kier alpha value is -0.360. The summed E-state index contributed by atoms with van der Waals surface area (Å²) in [5.74, 6) is 0.921. The highest BCUT2D eigenvalue weighted by molar-refractivity contribution is 5.85. The molecule has 0 unspecified atom stereocenters. The molecular weight excluding hydrogens is 285 g/mol. The Labute approximate surface area is 128 Å². The van der Waals surface area contributed by atoms with Crippen molar-refractivity contribution >= 4 is 24.8 Å². The van der Waals surface area contributed by atoms with Crippen molar-refractivity contribution < 1.29 is 0 Å². The average molecular weight is 310 g/mol. The van der Waals surface area contributed by atoms with Crippen molar-refractivity contribution in [2.45, 2.75) is 25.8 Å². The van der Waals surface area contributed by atoms with Crippen LogP contribution in [-0.4, -0.2) is 52.9 Å². The molecule has 7 heteroatoms. The first-order valence-electron chi connectivity index (χ1n) is 6.58. The Bertz CT molecular complexity index is 299. The first kappa shape index (κ1) is 18.6. The van der Waals surface area contributed by atoms with E-state index in [9.17, 15) is 0 Å². The lowest BCUT2D eigenvalue weighted by atomic mass is 9.93. The van der Waals surface area contributed by atoms with Crippen LogP contribution in [-0.2, 0) is 6.54 Å². The number of halogens is 2. The van der Waals surface area contributed by atoms with Gasteiger partial charge in [-0.25, -0.2) is 4.98 Å². The van der Waals surface area contributed by atoms with E-state index in [1.165, 1.54) is 32.4 Å². The van der Waals surface area contributed by atoms with E-state index in [1.54, 1.807) is 12.7 Å². The quantitative estimate of drug-likeness (QED) is 0.864. The lowest BCUT2D eigenvalue weighted by molar-refractivity contribution is 0.172. The van der Waals surface area contributed by atoms with E-state index in [4.69, 9.17) is 0 Å². The molecule has 112 valence electrons. The number of hydrogen-bond acceptors (Lipinski definition) is 4. The Morgan fingerprint density at radius 2 is 1.95 bits per heavy atom. The molecule has 1 aliphatic rings. The Kier molecular flexibility index (Phi) is 10.2. The van der Waals surface area contributed by atoms with Gasteiger partial charge >= 0.3 is 0 Å². The largest absolute Gasteiger partial charge is 0.320 e. The van der Waals surface area contributed by atoms with Gasteiger partial charge in [0.15, 0.2) is 0 Å². The fraction of sp³-hybridized carbons (Fsp3) is 0.833. The molecule has 1 fully saturated rings. The number of rotatable bonds is 6. The van der Waals surface area contributed by atoms with E-state index in [-0.39, 0.29) is 24.8 Å². The zero-order valence-electron chi connectivity index (χ0n) is 11.5. The van der Waals surface area contributed by atoms with Gasteiger partial charge in [0.05, 0.1) is 6.54 Å². The van der Waals surface area contributed by atoms with Gasteiger partial charge in [-0.05, 0) is 51.9 Å².